The lowest BCUT2D eigenvalue weighted by atomic mass is 10.0. The second kappa shape index (κ2) is 6.31. The zero-order valence-corrected chi connectivity index (χ0v) is 13.7. The van der Waals surface area contributed by atoms with Crippen LogP contribution in [0.3, 0.4) is 0 Å². The van der Waals surface area contributed by atoms with Crippen molar-refractivity contribution in [1.29, 1.82) is 0 Å². The Labute approximate surface area is 130 Å². The highest BCUT2D eigenvalue weighted by molar-refractivity contribution is 6.31. The molecule has 0 saturated heterocycles. The van der Waals surface area contributed by atoms with Crippen molar-refractivity contribution in [3.63, 3.8) is 0 Å². The van der Waals surface area contributed by atoms with Crippen LogP contribution in [-0.4, -0.2) is 17.0 Å². The molecule has 0 saturated carbocycles. The molecule has 1 N–H and O–H groups in total. The average molecular weight is 306 g/mol. The summed E-state index contributed by atoms with van der Waals surface area (Å²) in [6.07, 6.45) is 0. The molecule has 0 radical (unpaired) electrons. The van der Waals surface area contributed by atoms with E-state index in [1.807, 2.05) is 32.0 Å². The third-order valence-corrected chi connectivity index (χ3v) is 3.51. The topological polar surface area (TPSA) is 47.0 Å². The van der Waals surface area contributed by atoms with Crippen molar-refractivity contribution in [2.45, 2.75) is 33.6 Å². The van der Waals surface area contributed by atoms with Crippen LogP contribution in [0.4, 0.5) is 5.95 Å². The first-order chi connectivity index (χ1) is 9.90. The molecule has 0 fully saturated rings. The molecule has 1 heterocycles. The van der Waals surface area contributed by atoms with Crippen molar-refractivity contribution in [3.8, 4) is 11.6 Å². The Balaban J connectivity index is 2.39. The van der Waals surface area contributed by atoms with E-state index in [9.17, 15) is 0 Å². The number of aromatic nitrogens is 2. The summed E-state index contributed by atoms with van der Waals surface area (Å²) in [5.74, 6) is 2.16. The quantitative estimate of drug-likeness (QED) is 0.889. The van der Waals surface area contributed by atoms with Crippen molar-refractivity contribution in [3.05, 3.63) is 40.0 Å². The number of benzene rings is 1. The molecule has 0 aliphatic heterocycles. The van der Waals surface area contributed by atoms with Crippen molar-refractivity contribution in [2.75, 3.05) is 12.4 Å². The summed E-state index contributed by atoms with van der Waals surface area (Å²) in [6.45, 7) is 8.09. The molecule has 0 unspecified atom stereocenters. The number of nitrogens with zero attached hydrogens (tertiary/aromatic N) is 2. The fraction of sp³-hybridized carbons (Fsp3) is 0.375. The molecule has 0 aliphatic carbocycles. The summed E-state index contributed by atoms with van der Waals surface area (Å²) in [7, 11) is 1.78. The maximum absolute atomic E-state index is 6.28. The van der Waals surface area contributed by atoms with Gasteiger partial charge in [-0.25, -0.2) is 4.98 Å². The fourth-order valence-corrected chi connectivity index (χ4v) is 2.47. The molecule has 0 spiro atoms. The van der Waals surface area contributed by atoms with E-state index in [-0.39, 0.29) is 0 Å². The van der Waals surface area contributed by atoms with Gasteiger partial charge in [0, 0.05) is 23.8 Å². The smallest absolute Gasteiger partial charge is 0.225 e. The Kier molecular flexibility index (Phi) is 4.68. The van der Waals surface area contributed by atoms with E-state index in [4.69, 9.17) is 16.3 Å². The Hall–Kier alpha value is -1.81. The molecule has 2 rings (SSSR count). The van der Waals surface area contributed by atoms with Gasteiger partial charge in [0.2, 0.25) is 11.8 Å². The lowest BCUT2D eigenvalue weighted by Gasteiger charge is -2.14. The van der Waals surface area contributed by atoms with E-state index in [1.165, 1.54) is 0 Å². The first kappa shape index (κ1) is 15.6. The van der Waals surface area contributed by atoms with Crippen LogP contribution in [0.1, 0.15) is 36.6 Å². The number of anilines is 1. The Morgan fingerprint density at radius 1 is 1.14 bits per heavy atom. The highest BCUT2D eigenvalue weighted by Crippen LogP contribution is 2.33. The predicted molar refractivity (Wildman–Crippen MR) is 86.7 cm³/mol. The lowest BCUT2D eigenvalue weighted by Crippen LogP contribution is -2.01. The summed E-state index contributed by atoms with van der Waals surface area (Å²) >= 11 is 6.28. The predicted octanol–water partition coefficient (Wildman–Crippen LogP) is 4.70. The largest absolute Gasteiger partial charge is 0.439 e. The van der Waals surface area contributed by atoms with E-state index in [0.29, 0.717) is 17.7 Å². The molecule has 2 aromatic rings. The zero-order chi connectivity index (χ0) is 15.6. The Morgan fingerprint density at radius 2 is 1.86 bits per heavy atom. The minimum atomic E-state index is 0.334. The maximum atomic E-state index is 6.28. The van der Waals surface area contributed by atoms with E-state index < -0.39 is 0 Å². The molecule has 4 nitrogen and oxygen atoms in total. The van der Waals surface area contributed by atoms with Gasteiger partial charge in [0.05, 0.1) is 0 Å². The molecule has 1 aromatic heterocycles. The number of ether oxygens (including phenoxy) is 1. The van der Waals surface area contributed by atoms with E-state index in [2.05, 4.69) is 29.1 Å². The number of nitrogens with one attached hydrogen (secondary N) is 1. The minimum absolute atomic E-state index is 0.334. The number of aryl methyl sites for hydroxylation is 2. The third kappa shape index (κ3) is 3.64. The fourth-order valence-electron chi connectivity index (χ4n) is 2.04. The lowest BCUT2D eigenvalue weighted by molar-refractivity contribution is 0.457. The molecule has 1 aromatic carbocycles. The van der Waals surface area contributed by atoms with Gasteiger partial charge in [-0.3, -0.25) is 0 Å². The molecule has 0 amide bonds. The SMILES string of the molecule is CNc1nc(C)cc(Oc2cc(C(C)C)c(Cl)cc2C)n1. The molecular formula is C16H20ClN3O. The first-order valence-corrected chi connectivity index (χ1v) is 7.30. The van der Waals surface area contributed by atoms with Gasteiger partial charge in [-0.15, -0.1) is 0 Å². The molecule has 0 bridgehead atoms. The van der Waals surface area contributed by atoms with Crippen LogP contribution >= 0.6 is 11.6 Å². The average Bonchev–Trinajstić information content (AvgIpc) is 2.40. The van der Waals surface area contributed by atoms with E-state index >= 15 is 0 Å². The number of hydrogen-bond acceptors (Lipinski definition) is 4. The molecule has 112 valence electrons. The number of hydrogen-bond donors (Lipinski definition) is 1. The minimum Gasteiger partial charge on any atom is -0.439 e. The van der Waals surface area contributed by atoms with Crippen LogP contribution in [0.5, 0.6) is 11.6 Å². The summed E-state index contributed by atoms with van der Waals surface area (Å²) in [6, 6.07) is 5.72. The normalized spacial score (nSPS) is 10.8. The number of rotatable bonds is 4. The van der Waals surface area contributed by atoms with Crippen LogP contribution in [0, 0.1) is 13.8 Å². The van der Waals surface area contributed by atoms with Crippen LogP contribution in [-0.2, 0) is 0 Å². The summed E-state index contributed by atoms with van der Waals surface area (Å²) in [5, 5.41) is 3.69. The highest BCUT2D eigenvalue weighted by Gasteiger charge is 2.12. The molecule has 21 heavy (non-hydrogen) atoms. The molecule has 0 aliphatic rings. The summed E-state index contributed by atoms with van der Waals surface area (Å²) < 4.78 is 5.93. The van der Waals surface area contributed by atoms with Crippen molar-refractivity contribution < 1.29 is 4.74 Å². The van der Waals surface area contributed by atoms with Crippen molar-refractivity contribution in [2.24, 2.45) is 0 Å². The van der Waals surface area contributed by atoms with Crippen molar-refractivity contribution in [1.82, 2.24) is 9.97 Å². The van der Waals surface area contributed by atoms with Crippen molar-refractivity contribution >= 4 is 17.5 Å². The van der Waals surface area contributed by atoms with Gasteiger partial charge in [0.1, 0.15) is 5.75 Å². The second-order valence-electron chi connectivity index (χ2n) is 5.32. The molecule has 5 heteroatoms. The second-order valence-corrected chi connectivity index (χ2v) is 5.72. The highest BCUT2D eigenvalue weighted by atomic mass is 35.5. The van der Waals surface area contributed by atoms with Gasteiger partial charge >= 0.3 is 0 Å². The summed E-state index contributed by atoms with van der Waals surface area (Å²) in [4.78, 5) is 8.56. The molecule has 0 atom stereocenters. The first-order valence-electron chi connectivity index (χ1n) is 6.92. The van der Waals surface area contributed by atoms with Crippen LogP contribution in [0.25, 0.3) is 0 Å². The number of halogens is 1. The standard InChI is InChI=1S/C16H20ClN3O/c1-9(2)12-8-14(10(3)6-13(12)17)21-15-7-11(4)19-16(18-5)20-15/h6-9H,1-5H3,(H,18,19,20). The van der Waals surface area contributed by atoms with Gasteiger partial charge in [0.15, 0.2) is 0 Å². The summed E-state index contributed by atoms with van der Waals surface area (Å²) in [5.41, 5.74) is 2.89. The maximum Gasteiger partial charge on any atom is 0.225 e. The Bertz CT molecular complexity index is 656. The third-order valence-electron chi connectivity index (χ3n) is 3.19. The van der Waals surface area contributed by atoms with Gasteiger partial charge in [-0.2, -0.15) is 4.98 Å². The van der Waals surface area contributed by atoms with Gasteiger partial charge in [0.25, 0.3) is 0 Å². The van der Waals surface area contributed by atoms with E-state index in [1.54, 1.807) is 7.05 Å². The monoisotopic (exact) mass is 305 g/mol. The zero-order valence-electron chi connectivity index (χ0n) is 13.0. The molecular weight excluding hydrogens is 286 g/mol. The van der Waals surface area contributed by atoms with Crippen LogP contribution < -0.4 is 10.1 Å². The van der Waals surface area contributed by atoms with Crippen LogP contribution in [0.2, 0.25) is 5.02 Å². The van der Waals surface area contributed by atoms with Gasteiger partial charge < -0.3 is 10.1 Å². The van der Waals surface area contributed by atoms with Gasteiger partial charge in [-0.1, -0.05) is 25.4 Å². The van der Waals surface area contributed by atoms with Gasteiger partial charge in [-0.05, 0) is 43.0 Å². The van der Waals surface area contributed by atoms with Crippen LogP contribution in [0.15, 0.2) is 18.2 Å². The Morgan fingerprint density at radius 3 is 2.48 bits per heavy atom. The van der Waals surface area contributed by atoms with E-state index in [0.717, 1.165) is 27.6 Å².